The number of halogens is 1. The monoisotopic (exact) mass is 386 g/mol. The summed E-state index contributed by atoms with van der Waals surface area (Å²) in [6.45, 7) is 4.88. The third kappa shape index (κ3) is 5.44. The molecule has 2 heterocycles. The molecule has 144 valence electrons. The van der Waals surface area contributed by atoms with Crippen molar-refractivity contribution in [3.8, 4) is 0 Å². The highest BCUT2D eigenvalue weighted by Gasteiger charge is 2.24. The number of carbonyl (C=O) groups excluding carboxylic acids is 1. The molecule has 1 aromatic heterocycles. The summed E-state index contributed by atoms with van der Waals surface area (Å²) in [5, 5.41) is 3.94. The van der Waals surface area contributed by atoms with Gasteiger partial charge in [-0.3, -0.25) is 9.88 Å². The molecule has 1 unspecified atom stereocenters. The number of benzene rings is 1. The van der Waals surface area contributed by atoms with Gasteiger partial charge in [-0.25, -0.2) is 4.79 Å². The first-order valence-corrected chi connectivity index (χ1v) is 9.82. The predicted octanol–water partition coefficient (Wildman–Crippen LogP) is 4.10. The molecule has 2 aromatic rings. The molecule has 27 heavy (non-hydrogen) atoms. The lowest BCUT2D eigenvalue weighted by Gasteiger charge is -2.34. The van der Waals surface area contributed by atoms with Crippen LogP contribution in [0.1, 0.15) is 37.1 Å². The first kappa shape index (κ1) is 19.6. The van der Waals surface area contributed by atoms with Crippen LogP contribution in [-0.2, 0) is 6.54 Å². The first-order chi connectivity index (χ1) is 13.0. The van der Waals surface area contributed by atoms with Gasteiger partial charge in [0.2, 0.25) is 0 Å². The van der Waals surface area contributed by atoms with Gasteiger partial charge < -0.3 is 10.2 Å². The van der Waals surface area contributed by atoms with Crippen LogP contribution >= 0.6 is 11.6 Å². The number of amides is 2. The van der Waals surface area contributed by atoms with Crippen LogP contribution in [0.3, 0.4) is 0 Å². The zero-order valence-electron chi connectivity index (χ0n) is 15.9. The highest BCUT2D eigenvalue weighted by molar-refractivity contribution is 6.30. The smallest absolute Gasteiger partial charge is 0.317 e. The normalized spacial score (nSPS) is 16.7. The summed E-state index contributed by atoms with van der Waals surface area (Å²) in [4.78, 5) is 21.1. The second-order valence-electron chi connectivity index (χ2n) is 7.17. The number of carbonyl (C=O) groups is 1. The molecule has 1 atom stereocenters. The maximum Gasteiger partial charge on any atom is 0.317 e. The predicted molar refractivity (Wildman–Crippen MR) is 109 cm³/mol. The van der Waals surface area contributed by atoms with Gasteiger partial charge in [0.1, 0.15) is 0 Å². The molecule has 0 aliphatic carbocycles. The molecule has 1 saturated heterocycles. The van der Waals surface area contributed by atoms with Crippen molar-refractivity contribution in [1.82, 2.24) is 20.1 Å². The number of hydrogen-bond acceptors (Lipinski definition) is 3. The highest BCUT2D eigenvalue weighted by Crippen LogP contribution is 2.18. The molecule has 1 aromatic carbocycles. The number of likely N-dealkylation sites (tertiary alicyclic amines) is 1. The van der Waals surface area contributed by atoms with E-state index in [0.717, 1.165) is 43.2 Å². The lowest BCUT2D eigenvalue weighted by atomic mass is 10.0. The second-order valence-corrected chi connectivity index (χ2v) is 7.60. The lowest BCUT2D eigenvalue weighted by molar-refractivity contribution is 0.166. The van der Waals surface area contributed by atoms with Crippen molar-refractivity contribution in [2.75, 3.05) is 20.1 Å². The van der Waals surface area contributed by atoms with Crippen LogP contribution in [0.2, 0.25) is 5.02 Å². The maximum absolute atomic E-state index is 12.6. The summed E-state index contributed by atoms with van der Waals surface area (Å²) >= 11 is 5.95. The Morgan fingerprint density at radius 2 is 1.96 bits per heavy atom. The molecule has 0 saturated carbocycles. The quantitative estimate of drug-likeness (QED) is 0.841. The van der Waals surface area contributed by atoms with Crippen molar-refractivity contribution in [3.63, 3.8) is 0 Å². The number of aromatic nitrogens is 1. The van der Waals surface area contributed by atoms with E-state index in [9.17, 15) is 4.79 Å². The minimum atomic E-state index is -0.0591. The van der Waals surface area contributed by atoms with E-state index in [0.29, 0.717) is 0 Å². The zero-order chi connectivity index (χ0) is 19.2. The number of piperidine rings is 1. The SMILES string of the molecule is CC(c1ccccn1)N(C)C(=O)NC1CCN(Cc2ccc(Cl)cc2)CC1. The van der Waals surface area contributed by atoms with Gasteiger partial charge >= 0.3 is 6.03 Å². The number of rotatable bonds is 5. The van der Waals surface area contributed by atoms with E-state index in [4.69, 9.17) is 11.6 Å². The molecule has 0 bridgehead atoms. The minimum Gasteiger partial charge on any atom is -0.335 e. The van der Waals surface area contributed by atoms with Crippen molar-refractivity contribution in [2.45, 2.75) is 38.4 Å². The molecule has 0 radical (unpaired) electrons. The molecule has 3 rings (SSSR count). The van der Waals surface area contributed by atoms with E-state index in [1.165, 1.54) is 5.56 Å². The van der Waals surface area contributed by atoms with Crippen LogP contribution in [0.4, 0.5) is 4.79 Å². The number of pyridine rings is 1. The molecular formula is C21H27ClN4O. The molecule has 0 spiro atoms. The summed E-state index contributed by atoms with van der Waals surface area (Å²) in [5.74, 6) is 0. The summed E-state index contributed by atoms with van der Waals surface area (Å²) in [6, 6.07) is 13.9. The van der Waals surface area contributed by atoms with Gasteiger partial charge in [-0.15, -0.1) is 0 Å². The van der Waals surface area contributed by atoms with Crippen molar-refractivity contribution in [2.24, 2.45) is 0 Å². The number of hydrogen-bond donors (Lipinski definition) is 1. The Labute approximate surface area is 166 Å². The van der Waals surface area contributed by atoms with Crippen molar-refractivity contribution < 1.29 is 4.79 Å². The van der Waals surface area contributed by atoms with Gasteiger partial charge in [0.15, 0.2) is 0 Å². The standard InChI is InChI=1S/C21H27ClN4O/c1-16(20-5-3-4-12-23-20)25(2)21(27)24-19-10-13-26(14-11-19)15-17-6-8-18(22)9-7-17/h3-9,12,16,19H,10-11,13-15H2,1-2H3,(H,24,27). The van der Waals surface area contributed by atoms with Crippen LogP contribution in [0, 0.1) is 0 Å². The number of nitrogens with zero attached hydrogens (tertiary/aromatic N) is 3. The Balaban J connectivity index is 1.45. The van der Waals surface area contributed by atoms with Crippen LogP contribution < -0.4 is 5.32 Å². The molecule has 1 aliphatic heterocycles. The Bertz CT molecular complexity index is 730. The fraction of sp³-hybridized carbons (Fsp3) is 0.429. The van der Waals surface area contributed by atoms with E-state index in [1.807, 2.05) is 44.3 Å². The van der Waals surface area contributed by atoms with Gasteiger partial charge in [0, 0.05) is 43.9 Å². The molecule has 1 N–H and O–H groups in total. The first-order valence-electron chi connectivity index (χ1n) is 9.44. The third-order valence-corrected chi connectivity index (χ3v) is 5.50. The largest absolute Gasteiger partial charge is 0.335 e. The average molecular weight is 387 g/mol. The average Bonchev–Trinajstić information content (AvgIpc) is 2.70. The van der Waals surface area contributed by atoms with Crippen molar-refractivity contribution in [3.05, 3.63) is 64.9 Å². The van der Waals surface area contributed by atoms with Gasteiger partial charge in [-0.2, -0.15) is 0 Å². The molecule has 1 aliphatic rings. The van der Waals surface area contributed by atoms with Gasteiger partial charge in [0.05, 0.1) is 11.7 Å². The second kappa shape index (κ2) is 9.20. The Hall–Kier alpha value is -2.11. The van der Waals surface area contributed by atoms with Crippen LogP contribution in [0.15, 0.2) is 48.7 Å². The van der Waals surface area contributed by atoms with Crippen molar-refractivity contribution >= 4 is 17.6 Å². The Morgan fingerprint density at radius 3 is 2.59 bits per heavy atom. The van der Waals surface area contributed by atoms with E-state index >= 15 is 0 Å². The fourth-order valence-electron chi connectivity index (χ4n) is 3.36. The summed E-state index contributed by atoms with van der Waals surface area (Å²) in [5.41, 5.74) is 2.17. The van der Waals surface area contributed by atoms with E-state index < -0.39 is 0 Å². The molecular weight excluding hydrogens is 360 g/mol. The summed E-state index contributed by atoms with van der Waals surface area (Å²) in [7, 11) is 1.82. The van der Waals surface area contributed by atoms with Crippen LogP contribution in [0.5, 0.6) is 0 Å². The van der Waals surface area contributed by atoms with E-state index in [1.54, 1.807) is 11.1 Å². The van der Waals surface area contributed by atoms with E-state index in [2.05, 4.69) is 27.3 Å². The highest BCUT2D eigenvalue weighted by atomic mass is 35.5. The van der Waals surface area contributed by atoms with Gasteiger partial charge in [-0.05, 0) is 49.6 Å². The molecule has 5 nitrogen and oxygen atoms in total. The Morgan fingerprint density at radius 1 is 1.26 bits per heavy atom. The third-order valence-electron chi connectivity index (χ3n) is 5.25. The minimum absolute atomic E-state index is 0.0377. The Kier molecular flexibility index (Phi) is 6.69. The zero-order valence-corrected chi connectivity index (χ0v) is 16.7. The molecule has 1 fully saturated rings. The maximum atomic E-state index is 12.6. The summed E-state index contributed by atoms with van der Waals surface area (Å²) in [6.07, 6.45) is 3.68. The molecule has 6 heteroatoms. The van der Waals surface area contributed by atoms with E-state index in [-0.39, 0.29) is 18.1 Å². The van der Waals surface area contributed by atoms with Crippen LogP contribution in [-0.4, -0.2) is 47.0 Å². The lowest BCUT2D eigenvalue weighted by Crippen LogP contribution is -2.48. The van der Waals surface area contributed by atoms with Crippen LogP contribution in [0.25, 0.3) is 0 Å². The van der Waals surface area contributed by atoms with Gasteiger partial charge in [-0.1, -0.05) is 29.8 Å². The van der Waals surface area contributed by atoms with Crippen molar-refractivity contribution in [1.29, 1.82) is 0 Å². The fourth-order valence-corrected chi connectivity index (χ4v) is 3.48. The van der Waals surface area contributed by atoms with Gasteiger partial charge in [0.25, 0.3) is 0 Å². The molecule has 2 amide bonds. The number of nitrogens with one attached hydrogen (secondary N) is 1. The summed E-state index contributed by atoms with van der Waals surface area (Å²) < 4.78 is 0. The number of urea groups is 1. The topological polar surface area (TPSA) is 48.5 Å².